The van der Waals surface area contributed by atoms with Crippen molar-refractivity contribution in [1.29, 1.82) is 0 Å². The molecule has 0 aliphatic heterocycles. The number of pyridine rings is 1. The van der Waals surface area contributed by atoms with Crippen LogP contribution in [-0.2, 0) is 9.53 Å². The molecule has 1 atom stereocenters. The number of aryl methyl sites for hydroxylation is 2. The SMILES string of the molecule is Cc1nc(-c2ccc3ccnc(NC4CC(C(=O)Nc5nc(C)c(C(=O)O[C@H](C)C(F)(F)F)s5)C4)c3c2)no1. The lowest BCUT2D eigenvalue weighted by Gasteiger charge is -2.35. The molecule has 2 N–H and O–H groups in total. The monoisotopic (exact) mass is 560 g/mol. The maximum Gasteiger partial charge on any atom is 0.425 e. The number of esters is 1. The molecule has 0 bridgehead atoms. The van der Waals surface area contributed by atoms with E-state index in [0.29, 0.717) is 30.4 Å². The number of nitrogens with one attached hydrogen (secondary N) is 2. The molecule has 0 radical (unpaired) electrons. The molecule has 204 valence electrons. The number of amides is 1. The zero-order valence-electron chi connectivity index (χ0n) is 21.0. The number of thiazole rings is 1. The van der Waals surface area contributed by atoms with E-state index in [1.807, 2.05) is 24.3 Å². The van der Waals surface area contributed by atoms with E-state index in [1.165, 1.54) is 6.92 Å². The molecule has 1 aliphatic carbocycles. The summed E-state index contributed by atoms with van der Waals surface area (Å²) in [5, 5.41) is 12.0. The van der Waals surface area contributed by atoms with Crippen LogP contribution in [0, 0.1) is 19.8 Å². The maximum absolute atomic E-state index is 12.7. The minimum absolute atomic E-state index is 0.00218. The van der Waals surface area contributed by atoms with E-state index >= 15 is 0 Å². The number of benzene rings is 1. The summed E-state index contributed by atoms with van der Waals surface area (Å²) in [7, 11) is 0. The fourth-order valence-corrected chi connectivity index (χ4v) is 4.96. The third-order valence-electron chi connectivity index (χ3n) is 6.36. The van der Waals surface area contributed by atoms with Gasteiger partial charge < -0.3 is 19.9 Å². The summed E-state index contributed by atoms with van der Waals surface area (Å²) in [6.45, 7) is 3.93. The maximum atomic E-state index is 12.7. The van der Waals surface area contributed by atoms with Crippen molar-refractivity contribution in [2.75, 3.05) is 10.6 Å². The number of hydrogen-bond donors (Lipinski definition) is 2. The first-order valence-electron chi connectivity index (χ1n) is 12.0. The van der Waals surface area contributed by atoms with Crippen molar-refractivity contribution >= 4 is 44.9 Å². The van der Waals surface area contributed by atoms with Gasteiger partial charge >= 0.3 is 12.1 Å². The largest absolute Gasteiger partial charge is 0.449 e. The molecule has 3 aromatic heterocycles. The van der Waals surface area contributed by atoms with Gasteiger partial charge in [-0.15, -0.1) is 0 Å². The highest BCUT2D eigenvalue weighted by Gasteiger charge is 2.40. The number of halogens is 3. The van der Waals surface area contributed by atoms with Gasteiger partial charge in [0.15, 0.2) is 11.2 Å². The van der Waals surface area contributed by atoms with Crippen LogP contribution in [0.1, 0.15) is 41.0 Å². The van der Waals surface area contributed by atoms with Gasteiger partial charge in [0.1, 0.15) is 10.7 Å². The van der Waals surface area contributed by atoms with Crippen LogP contribution in [-0.4, -0.2) is 50.3 Å². The van der Waals surface area contributed by atoms with Gasteiger partial charge in [-0.1, -0.05) is 28.6 Å². The zero-order chi connectivity index (χ0) is 27.9. The topological polar surface area (TPSA) is 132 Å². The van der Waals surface area contributed by atoms with Crippen molar-refractivity contribution in [3.8, 4) is 11.4 Å². The number of rotatable bonds is 7. The molecule has 39 heavy (non-hydrogen) atoms. The Kier molecular flexibility index (Phi) is 6.97. The Bertz CT molecular complexity index is 1550. The van der Waals surface area contributed by atoms with Gasteiger partial charge in [0, 0.05) is 36.0 Å². The third kappa shape index (κ3) is 5.70. The first-order chi connectivity index (χ1) is 18.5. The number of anilines is 2. The summed E-state index contributed by atoms with van der Waals surface area (Å²) in [4.78, 5) is 37.6. The number of aromatic nitrogens is 4. The minimum atomic E-state index is -4.67. The van der Waals surface area contributed by atoms with Gasteiger partial charge in [0.2, 0.25) is 17.6 Å². The first kappa shape index (κ1) is 26.5. The van der Waals surface area contributed by atoms with E-state index in [4.69, 9.17) is 4.52 Å². The average Bonchev–Trinajstić information content (AvgIpc) is 3.45. The standard InChI is InChI=1S/C25H23F3N6O4S/c1-11-19(23(36)37-12(2)25(26,27)28)39-24(30-11)33-22(35)16-8-17(9-16)32-21-18-10-15(20-31-13(3)38-34-20)5-4-14(18)6-7-29-21/h4-7,10,12,16-17H,8-9H2,1-3H3,(H,29,32)(H,30,33,35)/t12-,16?,17?/m1/s1. The summed E-state index contributed by atoms with van der Waals surface area (Å²) >= 11 is 0.779. The Morgan fingerprint density at radius 2 is 1.95 bits per heavy atom. The highest BCUT2D eigenvalue weighted by atomic mass is 32.1. The van der Waals surface area contributed by atoms with E-state index in [2.05, 4.69) is 35.5 Å². The molecule has 14 heteroatoms. The predicted molar refractivity (Wildman–Crippen MR) is 136 cm³/mol. The van der Waals surface area contributed by atoms with E-state index in [0.717, 1.165) is 34.6 Å². The van der Waals surface area contributed by atoms with Crippen LogP contribution in [0.2, 0.25) is 0 Å². The van der Waals surface area contributed by atoms with Crippen molar-refractivity contribution in [2.45, 2.75) is 51.9 Å². The second-order valence-electron chi connectivity index (χ2n) is 9.25. The van der Waals surface area contributed by atoms with Crippen molar-refractivity contribution in [2.24, 2.45) is 5.92 Å². The fourth-order valence-electron chi connectivity index (χ4n) is 4.11. The zero-order valence-corrected chi connectivity index (χ0v) is 21.8. The molecule has 1 fully saturated rings. The van der Waals surface area contributed by atoms with Crippen LogP contribution in [0.4, 0.5) is 24.1 Å². The second kappa shape index (κ2) is 10.2. The summed E-state index contributed by atoms with van der Waals surface area (Å²) in [5.74, 6) is -0.110. The number of nitrogens with zero attached hydrogens (tertiary/aromatic N) is 4. The fraction of sp³-hybridized carbons (Fsp3) is 0.360. The highest BCUT2D eigenvalue weighted by Crippen LogP contribution is 2.35. The van der Waals surface area contributed by atoms with Gasteiger partial charge in [0.05, 0.1) is 5.69 Å². The van der Waals surface area contributed by atoms with Gasteiger partial charge in [-0.25, -0.2) is 14.8 Å². The minimum Gasteiger partial charge on any atom is -0.449 e. The van der Waals surface area contributed by atoms with Gasteiger partial charge in [-0.2, -0.15) is 18.2 Å². The normalized spacial score (nSPS) is 17.9. The Morgan fingerprint density at radius 3 is 2.64 bits per heavy atom. The number of carbonyl (C=O) groups is 2. The summed E-state index contributed by atoms with van der Waals surface area (Å²) < 4.78 is 47.7. The van der Waals surface area contributed by atoms with E-state index in [9.17, 15) is 22.8 Å². The van der Waals surface area contributed by atoms with Crippen LogP contribution in [0.15, 0.2) is 35.0 Å². The van der Waals surface area contributed by atoms with E-state index in [1.54, 1.807) is 13.1 Å². The Balaban J connectivity index is 1.19. The Morgan fingerprint density at radius 1 is 1.18 bits per heavy atom. The average molecular weight is 561 g/mol. The number of carbonyl (C=O) groups excluding carboxylic acids is 2. The van der Waals surface area contributed by atoms with Crippen LogP contribution in [0.5, 0.6) is 0 Å². The lowest BCUT2D eigenvalue weighted by atomic mass is 9.79. The molecule has 1 aliphatic rings. The molecule has 4 aromatic rings. The molecular weight excluding hydrogens is 537 g/mol. The molecule has 0 spiro atoms. The van der Waals surface area contributed by atoms with Crippen LogP contribution in [0.25, 0.3) is 22.2 Å². The molecular formula is C25H23F3N6O4S. The third-order valence-corrected chi connectivity index (χ3v) is 7.41. The Labute approximate surface area is 224 Å². The number of alkyl halides is 3. The summed E-state index contributed by atoms with van der Waals surface area (Å²) in [6, 6.07) is 7.68. The van der Waals surface area contributed by atoms with Gasteiger partial charge in [0.25, 0.3) is 0 Å². The molecule has 1 saturated carbocycles. The smallest absolute Gasteiger partial charge is 0.425 e. The molecule has 0 saturated heterocycles. The van der Waals surface area contributed by atoms with E-state index in [-0.39, 0.29) is 33.6 Å². The van der Waals surface area contributed by atoms with Crippen molar-refractivity contribution in [3.05, 3.63) is 46.9 Å². The quantitative estimate of drug-likeness (QED) is 0.289. The number of hydrogen-bond acceptors (Lipinski definition) is 10. The molecule has 1 aromatic carbocycles. The van der Waals surface area contributed by atoms with Crippen molar-refractivity contribution < 1.29 is 32.0 Å². The van der Waals surface area contributed by atoms with Crippen LogP contribution >= 0.6 is 11.3 Å². The first-order valence-corrected chi connectivity index (χ1v) is 12.8. The van der Waals surface area contributed by atoms with Crippen molar-refractivity contribution in [3.63, 3.8) is 0 Å². The summed E-state index contributed by atoms with van der Waals surface area (Å²) in [5.41, 5.74) is 0.969. The van der Waals surface area contributed by atoms with Gasteiger partial charge in [-0.05, 0) is 44.2 Å². The predicted octanol–water partition coefficient (Wildman–Crippen LogP) is 5.29. The number of fused-ring (bicyclic) bond motifs is 1. The van der Waals surface area contributed by atoms with Crippen molar-refractivity contribution in [1.82, 2.24) is 20.1 Å². The van der Waals surface area contributed by atoms with E-state index < -0.39 is 18.2 Å². The second-order valence-corrected chi connectivity index (χ2v) is 10.3. The molecule has 0 unspecified atom stereocenters. The number of ether oxygens (including phenoxy) is 1. The lowest BCUT2D eigenvalue weighted by molar-refractivity contribution is -0.198. The van der Waals surface area contributed by atoms with Crippen LogP contribution < -0.4 is 10.6 Å². The lowest BCUT2D eigenvalue weighted by Crippen LogP contribution is -2.42. The molecule has 5 rings (SSSR count). The summed E-state index contributed by atoms with van der Waals surface area (Å²) in [6.07, 6.45) is -4.15. The molecule has 1 amide bonds. The van der Waals surface area contributed by atoms with Crippen LogP contribution in [0.3, 0.4) is 0 Å². The molecule has 3 heterocycles. The molecule has 10 nitrogen and oxygen atoms in total. The van der Waals surface area contributed by atoms with Gasteiger partial charge in [-0.3, -0.25) is 4.79 Å². The highest BCUT2D eigenvalue weighted by molar-refractivity contribution is 7.17. The Hall–Kier alpha value is -4.07.